The molecule has 7 heteroatoms. The monoisotopic (exact) mass is 357 g/mol. The number of sulfonamides is 1. The van der Waals surface area contributed by atoms with Gasteiger partial charge in [0.25, 0.3) is 0 Å². The molecule has 1 aliphatic rings. The maximum absolute atomic E-state index is 12.4. The smallest absolute Gasteiger partial charge is 0.243 e. The minimum Gasteiger partial charge on any atom is -0.488 e. The lowest BCUT2D eigenvalue weighted by atomic mass is 10.1. The quantitative estimate of drug-likeness (QED) is 0.913. The van der Waals surface area contributed by atoms with Crippen molar-refractivity contribution in [2.45, 2.75) is 17.4 Å². The van der Waals surface area contributed by atoms with E-state index in [-0.39, 0.29) is 27.6 Å². The number of ether oxygens (including phenoxy) is 1. The van der Waals surface area contributed by atoms with Crippen molar-refractivity contribution in [1.82, 2.24) is 4.72 Å². The van der Waals surface area contributed by atoms with E-state index in [0.29, 0.717) is 6.42 Å². The summed E-state index contributed by atoms with van der Waals surface area (Å²) >= 11 is 11.9. The van der Waals surface area contributed by atoms with Gasteiger partial charge in [-0.15, -0.1) is 0 Å². The first kappa shape index (κ1) is 15.6. The molecule has 0 fully saturated rings. The van der Waals surface area contributed by atoms with Gasteiger partial charge in [0.1, 0.15) is 16.7 Å². The average molecular weight is 358 g/mol. The molecule has 0 bridgehead atoms. The Morgan fingerprint density at radius 3 is 2.45 bits per heavy atom. The van der Waals surface area contributed by atoms with Gasteiger partial charge in [0.05, 0.1) is 10.0 Å². The zero-order chi connectivity index (χ0) is 15.7. The molecule has 0 aliphatic carbocycles. The summed E-state index contributed by atoms with van der Waals surface area (Å²) in [6.45, 7) is 0.151. The van der Waals surface area contributed by atoms with Crippen LogP contribution in [0.1, 0.15) is 5.56 Å². The second-order valence-electron chi connectivity index (χ2n) is 4.95. The summed E-state index contributed by atoms with van der Waals surface area (Å²) in [6, 6.07) is 12.2. The Labute approximate surface area is 139 Å². The van der Waals surface area contributed by atoms with Gasteiger partial charge in [-0.05, 0) is 23.8 Å². The zero-order valence-electron chi connectivity index (χ0n) is 11.4. The number of nitrogens with one attached hydrogen (secondary N) is 1. The van der Waals surface area contributed by atoms with Crippen LogP contribution in [0.5, 0.6) is 5.75 Å². The van der Waals surface area contributed by atoms with Crippen LogP contribution >= 0.6 is 23.2 Å². The second kappa shape index (κ2) is 6.08. The molecule has 0 saturated carbocycles. The molecule has 0 radical (unpaired) electrons. The van der Waals surface area contributed by atoms with Crippen LogP contribution < -0.4 is 9.46 Å². The van der Waals surface area contributed by atoms with Gasteiger partial charge in [-0.25, -0.2) is 13.1 Å². The van der Waals surface area contributed by atoms with E-state index in [1.165, 1.54) is 12.1 Å². The van der Waals surface area contributed by atoms with E-state index in [1.807, 2.05) is 24.3 Å². The van der Waals surface area contributed by atoms with Crippen LogP contribution in [0.25, 0.3) is 0 Å². The number of benzene rings is 2. The highest BCUT2D eigenvalue weighted by Gasteiger charge is 2.26. The second-order valence-corrected chi connectivity index (χ2v) is 7.47. The van der Waals surface area contributed by atoms with Crippen LogP contribution in [0.2, 0.25) is 10.0 Å². The molecule has 0 spiro atoms. The van der Waals surface area contributed by atoms with Crippen LogP contribution in [-0.4, -0.2) is 21.1 Å². The normalized spacial score (nSPS) is 17.1. The Kier molecular flexibility index (Phi) is 4.32. The van der Waals surface area contributed by atoms with Crippen molar-refractivity contribution in [1.29, 1.82) is 0 Å². The van der Waals surface area contributed by atoms with E-state index < -0.39 is 10.0 Å². The molecule has 1 heterocycles. The van der Waals surface area contributed by atoms with Crippen molar-refractivity contribution >= 4 is 33.2 Å². The number of hydrogen-bond donors (Lipinski definition) is 1. The third-order valence-corrected chi connectivity index (χ3v) is 5.78. The third kappa shape index (κ3) is 3.08. The fourth-order valence-electron chi connectivity index (χ4n) is 2.38. The lowest BCUT2D eigenvalue weighted by Gasteiger charge is -2.13. The van der Waals surface area contributed by atoms with Crippen LogP contribution in [0.3, 0.4) is 0 Å². The highest BCUT2D eigenvalue weighted by atomic mass is 35.5. The molecule has 2 aromatic rings. The molecule has 0 amide bonds. The van der Waals surface area contributed by atoms with Gasteiger partial charge in [0, 0.05) is 13.0 Å². The molecule has 4 nitrogen and oxygen atoms in total. The molecule has 2 aromatic carbocycles. The van der Waals surface area contributed by atoms with Gasteiger partial charge in [-0.3, -0.25) is 0 Å². The van der Waals surface area contributed by atoms with Crippen LogP contribution in [-0.2, 0) is 16.4 Å². The predicted molar refractivity (Wildman–Crippen MR) is 86.2 cm³/mol. The maximum atomic E-state index is 12.4. The lowest BCUT2D eigenvalue weighted by Crippen LogP contribution is -2.34. The molecule has 1 N–H and O–H groups in total. The lowest BCUT2D eigenvalue weighted by molar-refractivity contribution is 0.236. The van der Waals surface area contributed by atoms with Crippen LogP contribution in [0, 0.1) is 0 Å². The molecule has 22 heavy (non-hydrogen) atoms. The van der Waals surface area contributed by atoms with E-state index >= 15 is 0 Å². The highest BCUT2D eigenvalue weighted by Crippen LogP contribution is 2.30. The Bertz CT molecular complexity index is 763. The van der Waals surface area contributed by atoms with Crippen molar-refractivity contribution in [2.75, 3.05) is 6.54 Å². The molecule has 1 unspecified atom stereocenters. The van der Waals surface area contributed by atoms with Crippen LogP contribution in [0.4, 0.5) is 0 Å². The average Bonchev–Trinajstić information content (AvgIpc) is 2.88. The highest BCUT2D eigenvalue weighted by molar-refractivity contribution is 7.89. The molecule has 0 saturated heterocycles. The molecule has 0 aromatic heterocycles. The molecular formula is C15H13Cl2NO3S. The first-order chi connectivity index (χ1) is 10.5. The van der Waals surface area contributed by atoms with Gasteiger partial charge < -0.3 is 4.74 Å². The fraction of sp³-hybridized carbons (Fsp3) is 0.200. The summed E-state index contributed by atoms with van der Waals surface area (Å²) in [5, 5.41) is 0.186. The summed E-state index contributed by atoms with van der Waals surface area (Å²) in [7, 11) is -3.79. The van der Waals surface area contributed by atoms with Gasteiger partial charge in [0.2, 0.25) is 10.0 Å². The van der Waals surface area contributed by atoms with Crippen molar-refractivity contribution in [2.24, 2.45) is 0 Å². The van der Waals surface area contributed by atoms with Crippen LogP contribution in [0.15, 0.2) is 47.4 Å². The standard InChI is InChI=1S/C15H13Cl2NO3S/c16-12-5-3-6-13(17)15(12)22(19,20)18-9-11-8-10-4-1-2-7-14(10)21-11/h1-7,11,18H,8-9H2. The van der Waals surface area contributed by atoms with Gasteiger partial charge >= 0.3 is 0 Å². The number of para-hydroxylation sites is 1. The largest absolute Gasteiger partial charge is 0.488 e. The zero-order valence-corrected chi connectivity index (χ0v) is 13.8. The van der Waals surface area contributed by atoms with E-state index in [0.717, 1.165) is 11.3 Å². The van der Waals surface area contributed by atoms with Crippen molar-refractivity contribution in [3.05, 3.63) is 58.1 Å². The fourth-order valence-corrected chi connectivity index (χ4v) is 4.59. The van der Waals surface area contributed by atoms with Crippen molar-refractivity contribution in [3.8, 4) is 5.75 Å². The summed E-state index contributed by atoms with van der Waals surface area (Å²) in [4.78, 5) is -0.103. The number of rotatable bonds is 4. The first-order valence-corrected chi connectivity index (χ1v) is 8.89. The van der Waals surface area contributed by atoms with E-state index in [1.54, 1.807) is 6.07 Å². The van der Waals surface area contributed by atoms with Crippen molar-refractivity contribution < 1.29 is 13.2 Å². The maximum Gasteiger partial charge on any atom is 0.243 e. The van der Waals surface area contributed by atoms with E-state index in [9.17, 15) is 8.42 Å². The third-order valence-electron chi connectivity index (χ3n) is 3.40. The minimum absolute atomic E-state index is 0.0932. The van der Waals surface area contributed by atoms with Gasteiger partial charge in [0.15, 0.2) is 0 Å². The summed E-state index contributed by atoms with van der Waals surface area (Å²) < 4.78 is 33.0. The molecular weight excluding hydrogens is 345 g/mol. The summed E-state index contributed by atoms with van der Waals surface area (Å²) in [6.07, 6.45) is 0.419. The van der Waals surface area contributed by atoms with E-state index in [2.05, 4.69) is 4.72 Å². The molecule has 1 aliphatic heterocycles. The SMILES string of the molecule is O=S(=O)(NCC1Cc2ccccc2O1)c1c(Cl)cccc1Cl. The topological polar surface area (TPSA) is 55.4 Å². The number of hydrogen-bond acceptors (Lipinski definition) is 3. The molecule has 1 atom stereocenters. The predicted octanol–water partition coefficient (Wildman–Crippen LogP) is 3.28. The Morgan fingerprint density at radius 2 is 1.77 bits per heavy atom. The van der Waals surface area contributed by atoms with Gasteiger partial charge in [-0.2, -0.15) is 0 Å². The Morgan fingerprint density at radius 1 is 1.09 bits per heavy atom. The molecule has 116 valence electrons. The number of halogens is 2. The van der Waals surface area contributed by atoms with E-state index in [4.69, 9.17) is 27.9 Å². The Hall–Kier alpha value is -1.27. The molecule has 3 rings (SSSR count). The number of fused-ring (bicyclic) bond motifs is 1. The summed E-state index contributed by atoms with van der Waals surface area (Å²) in [5.74, 6) is 0.794. The first-order valence-electron chi connectivity index (χ1n) is 6.65. The van der Waals surface area contributed by atoms with Gasteiger partial charge in [-0.1, -0.05) is 47.5 Å². The van der Waals surface area contributed by atoms with Crippen molar-refractivity contribution in [3.63, 3.8) is 0 Å². The summed E-state index contributed by atoms with van der Waals surface area (Å²) in [5.41, 5.74) is 1.07. The minimum atomic E-state index is -3.79. The Balaban J connectivity index is 1.72.